The monoisotopic (exact) mass is 326 g/mol. The minimum absolute atomic E-state index is 0.0483. The number of rotatable bonds is 3. The molecule has 0 aliphatic rings. The fourth-order valence-electron chi connectivity index (χ4n) is 1.42. The van der Waals surface area contributed by atoms with Gasteiger partial charge in [-0.1, -0.05) is 0 Å². The van der Waals surface area contributed by atoms with E-state index in [2.05, 4.69) is 26.2 Å². The molecular formula is C12H11BrN2O2S. The lowest BCUT2D eigenvalue weighted by Gasteiger charge is -2.04. The lowest BCUT2D eigenvalue weighted by Crippen LogP contribution is -2.22. The Kier molecular flexibility index (Phi) is 3.98. The first kappa shape index (κ1) is 13.0. The van der Waals surface area contributed by atoms with Crippen molar-refractivity contribution in [1.29, 1.82) is 0 Å². The average molecular weight is 327 g/mol. The molecule has 0 aliphatic heterocycles. The van der Waals surface area contributed by atoms with Crippen LogP contribution < -0.4 is 5.32 Å². The molecule has 1 heterocycles. The first-order valence-electron chi connectivity index (χ1n) is 5.24. The zero-order chi connectivity index (χ0) is 13.1. The highest BCUT2D eigenvalue weighted by atomic mass is 79.9. The smallest absolute Gasteiger partial charge is 0.251 e. The number of amides is 1. The number of carbonyl (C=O) groups is 1. The van der Waals surface area contributed by atoms with Crippen molar-refractivity contribution in [2.45, 2.75) is 13.5 Å². The van der Waals surface area contributed by atoms with Crippen LogP contribution in [0.2, 0.25) is 0 Å². The SMILES string of the molecule is Cc1nc(CNC(=O)c2ccc(Br)c(O)c2)cs1. The van der Waals surface area contributed by atoms with E-state index in [1.807, 2.05) is 12.3 Å². The molecule has 1 aromatic carbocycles. The molecule has 2 aromatic rings. The number of aromatic nitrogens is 1. The minimum atomic E-state index is -0.233. The third-order valence-corrected chi connectivity index (χ3v) is 3.80. The van der Waals surface area contributed by atoms with Gasteiger partial charge in [-0.05, 0) is 41.1 Å². The van der Waals surface area contributed by atoms with Crippen LogP contribution in [0.1, 0.15) is 21.1 Å². The van der Waals surface area contributed by atoms with E-state index in [0.717, 1.165) is 10.7 Å². The number of hydrogen-bond donors (Lipinski definition) is 2. The molecule has 94 valence electrons. The number of aromatic hydroxyl groups is 1. The summed E-state index contributed by atoms with van der Waals surface area (Å²) in [4.78, 5) is 16.1. The van der Waals surface area contributed by atoms with E-state index in [9.17, 15) is 9.90 Å². The highest BCUT2D eigenvalue weighted by Gasteiger charge is 2.08. The maximum absolute atomic E-state index is 11.8. The molecule has 1 amide bonds. The van der Waals surface area contributed by atoms with Crippen LogP contribution in [0.15, 0.2) is 28.1 Å². The molecule has 0 unspecified atom stereocenters. The second-order valence-corrected chi connectivity index (χ2v) is 5.62. The molecule has 0 radical (unpaired) electrons. The van der Waals surface area contributed by atoms with Gasteiger partial charge in [0, 0.05) is 10.9 Å². The summed E-state index contributed by atoms with van der Waals surface area (Å²) in [5.74, 6) is -0.185. The summed E-state index contributed by atoms with van der Waals surface area (Å²) < 4.78 is 0.564. The van der Waals surface area contributed by atoms with Crippen LogP contribution >= 0.6 is 27.3 Å². The summed E-state index contributed by atoms with van der Waals surface area (Å²) in [6.07, 6.45) is 0. The fourth-order valence-corrected chi connectivity index (χ4v) is 2.28. The molecular weight excluding hydrogens is 316 g/mol. The van der Waals surface area contributed by atoms with Crippen molar-refractivity contribution >= 4 is 33.2 Å². The van der Waals surface area contributed by atoms with Crippen molar-refractivity contribution in [2.75, 3.05) is 0 Å². The summed E-state index contributed by atoms with van der Waals surface area (Å²) in [6.45, 7) is 2.31. The van der Waals surface area contributed by atoms with Crippen molar-refractivity contribution in [3.63, 3.8) is 0 Å². The largest absolute Gasteiger partial charge is 0.507 e. The van der Waals surface area contributed by atoms with E-state index in [0.29, 0.717) is 16.6 Å². The van der Waals surface area contributed by atoms with Gasteiger partial charge in [0.2, 0.25) is 0 Å². The molecule has 0 spiro atoms. The van der Waals surface area contributed by atoms with Gasteiger partial charge >= 0.3 is 0 Å². The summed E-state index contributed by atoms with van der Waals surface area (Å²) in [5, 5.41) is 15.1. The maximum atomic E-state index is 11.8. The lowest BCUT2D eigenvalue weighted by atomic mass is 10.2. The molecule has 0 fully saturated rings. The van der Waals surface area contributed by atoms with E-state index in [-0.39, 0.29) is 11.7 Å². The Bertz CT molecular complexity index is 583. The second kappa shape index (κ2) is 5.49. The topological polar surface area (TPSA) is 62.2 Å². The Morgan fingerprint density at radius 3 is 2.94 bits per heavy atom. The normalized spacial score (nSPS) is 10.3. The van der Waals surface area contributed by atoms with Gasteiger partial charge in [0.25, 0.3) is 5.91 Å². The highest BCUT2D eigenvalue weighted by Crippen LogP contribution is 2.24. The molecule has 6 heteroatoms. The molecule has 0 aliphatic carbocycles. The van der Waals surface area contributed by atoms with Gasteiger partial charge in [-0.2, -0.15) is 0 Å². The maximum Gasteiger partial charge on any atom is 0.251 e. The molecule has 0 saturated heterocycles. The number of benzene rings is 1. The number of aryl methyl sites for hydroxylation is 1. The van der Waals surface area contributed by atoms with Gasteiger partial charge in [0.05, 0.1) is 21.7 Å². The molecule has 2 rings (SSSR count). The zero-order valence-electron chi connectivity index (χ0n) is 9.61. The van der Waals surface area contributed by atoms with Crippen LogP contribution in [0, 0.1) is 6.92 Å². The lowest BCUT2D eigenvalue weighted by molar-refractivity contribution is 0.0950. The minimum Gasteiger partial charge on any atom is -0.507 e. The van der Waals surface area contributed by atoms with Crippen LogP contribution in [-0.4, -0.2) is 16.0 Å². The van der Waals surface area contributed by atoms with E-state index in [1.165, 1.54) is 6.07 Å². The Hall–Kier alpha value is -1.40. The number of thiazole rings is 1. The Labute approximate surface area is 117 Å². The Balaban J connectivity index is 2.01. The molecule has 1 aromatic heterocycles. The van der Waals surface area contributed by atoms with Crippen molar-refractivity contribution < 1.29 is 9.90 Å². The van der Waals surface area contributed by atoms with Gasteiger partial charge < -0.3 is 10.4 Å². The molecule has 0 atom stereocenters. The molecule has 0 saturated carbocycles. The summed E-state index contributed by atoms with van der Waals surface area (Å²) >= 11 is 4.71. The van der Waals surface area contributed by atoms with E-state index in [1.54, 1.807) is 23.5 Å². The van der Waals surface area contributed by atoms with Gasteiger partial charge in [-0.25, -0.2) is 4.98 Å². The number of halogens is 1. The van der Waals surface area contributed by atoms with Gasteiger partial charge in [0.1, 0.15) is 5.75 Å². The van der Waals surface area contributed by atoms with E-state index in [4.69, 9.17) is 0 Å². The van der Waals surface area contributed by atoms with Crippen molar-refractivity contribution in [1.82, 2.24) is 10.3 Å². The van der Waals surface area contributed by atoms with Gasteiger partial charge in [0.15, 0.2) is 0 Å². The van der Waals surface area contributed by atoms with Crippen molar-refractivity contribution in [2.24, 2.45) is 0 Å². The van der Waals surface area contributed by atoms with Crippen LogP contribution in [-0.2, 0) is 6.54 Å². The summed E-state index contributed by atoms with van der Waals surface area (Å²) in [5.41, 5.74) is 1.26. The Morgan fingerprint density at radius 1 is 1.56 bits per heavy atom. The number of nitrogens with one attached hydrogen (secondary N) is 1. The zero-order valence-corrected chi connectivity index (χ0v) is 12.0. The van der Waals surface area contributed by atoms with Crippen molar-refractivity contribution in [3.8, 4) is 5.75 Å². The van der Waals surface area contributed by atoms with Gasteiger partial charge in [-0.15, -0.1) is 11.3 Å². The first-order chi connectivity index (χ1) is 8.56. The number of hydrogen-bond acceptors (Lipinski definition) is 4. The van der Waals surface area contributed by atoms with Crippen LogP contribution in [0.4, 0.5) is 0 Å². The van der Waals surface area contributed by atoms with Gasteiger partial charge in [-0.3, -0.25) is 4.79 Å². The fraction of sp³-hybridized carbons (Fsp3) is 0.167. The predicted molar refractivity (Wildman–Crippen MR) is 73.8 cm³/mol. The second-order valence-electron chi connectivity index (χ2n) is 3.71. The molecule has 4 nitrogen and oxygen atoms in total. The van der Waals surface area contributed by atoms with Crippen molar-refractivity contribution in [3.05, 3.63) is 44.3 Å². The quantitative estimate of drug-likeness (QED) is 0.911. The number of nitrogens with zero attached hydrogens (tertiary/aromatic N) is 1. The third-order valence-electron chi connectivity index (χ3n) is 2.30. The van der Waals surface area contributed by atoms with E-state index >= 15 is 0 Å². The number of phenolic OH excluding ortho intramolecular Hbond substituents is 1. The highest BCUT2D eigenvalue weighted by molar-refractivity contribution is 9.10. The van der Waals surface area contributed by atoms with E-state index < -0.39 is 0 Å². The molecule has 18 heavy (non-hydrogen) atoms. The average Bonchev–Trinajstić information content (AvgIpc) is 2.75. The van der Waals surface area contributed by atoms with Crippen LogP contribution in [0.25, 0.3) is 0 Å². The molecule has 2 N–H and O–H groups in total. The number of phenols is 1. The van der Waals surface area contributed by atoms with Crippen LogP contribution in [0.5, 0.6) is 5.75 Å². The van der Waals surface area contributed by atoms with Crippen LogP contribution in [0.3, 0.4) is 0 Å². The summed E-state index contributed by atoms with van der Waals surface area (Å²) in [7, 11) is 0. The molecule has 0 bridgehead atoms. The third kappa shape index (κ3) is 3.08. The first-order valence-corrected chi connectivity index (χ1v) is 6.91. The standard InChI is InChI=1S/C12H11BrN2O2S/c1-7-15-9(6-18-7)5-14-12(17)8-2-3-10(13)11(16)4-8/h2-4,6,16H,5H2,1H3,(H,14,17). The summed E-state index contributed by atoms with van der Waals surface area (Å²) in [6, 6.07) is 4.70. The Morgan fingerprint density at radius 2 is 2.33 bits per heavy atom. The predicted octanol–water partition coefficient (Wildman–Crippen LogP) is 2.85. The number of carbonyl (C=O) groups excluding carboxylic acids is 1.